The van der Waals surface area contributed by atoms with E-state index in [-0.39, 0.29) is 17.9 Å². The molecular weight excluding hydrogens is 422 g/mol. The largest absolute Gasteiger partial charge is 0.456 e. The fraction of sp³-hybridized carbons (Fsp3) is 0.571. The van der Waals surface area contributed by atoms with Gasteiger partial charge < -0.3 is 10.1 Å². The highest BCUT2D eigenvalue weighted by molar-refractivity contribution is 7.89. The number of urea groups is 1. The van der Waals surface area contributed by atoms with E-state index in [1.807, 2.05) is 33.0 Å². The van der Waals surface area contributed by atoms with Crippen LogP contribution in [0.2, 0.25) is 0 Å². The molecule has 9 nitrogen and oxygen atoms in total. The summed E-state index contributed by atoms with van der Waals surface area (Å²) in [6.45, 7) is 10.8. The lowest BCUT2D eigenvalue weighted by atomic mass is 9.95. The third-order valence-corrected chi connectivity index (χ3v) is 6.99. The lowest BCUT2D eigenvalue weighted by Gasteiger charge is -2.19. The van der Waals surface area contributed by atoms with Crippen molar-refractivity contribution in [2.45, 2.75) is 65.7 Å². The van der Waals surface area contributed by atoms with Gasteiger partial charge in [-0.2, -0.15) is 0 Å². The number of carbonyl (C=O) groups is 3. The van der Waals surface area contributed by atoms with Gasteiger partial charge in [-0.25, -0.2) is 17.9 Å². The van der Waals surface area contributed by atoms with Crippen LogP contribution in [-0.4, -0.2) is 46.0 Å². The summed E-state index contributed by atoms with van der Waals surface area (Å²) >= 11 is 0. The van der Waals surface area contributed by atoms with Crippen LogP contribution in [0.25, 0.3) is 0 Å². The van der Waals surface area contributed by atoms with Gasteiger partial charge in [0.25, 0.3) is 5.91 Å². The van der Waals surface area contributed by atoms with E-state index in [0.29, 0.717) is 17.7 Å². The van der Waals surface area contributed by atoms with Crippen LogP contribution in [0.3, 0.4) is 0 Å². The van der Waals surface area contributed by atoms with E-state index >= 15 is 0 Å². The number of hydrogen-bond acceptors (Lipinski definition) is 6. The van der Waals surface area contributed by atoms with E-state index in [4.69, 9.17) is 4.74 Å². The smallest absolute Gasteiger partial charge is 0.321 e. The molecule has 0 radical (unpaired) electrons. The number of esters is 1. The number of nitrogens with one attached hydrogen (secondary N) is 3. The Balaban J connectivity index is 2.56. The van der Waals surface area contributed by atoms with Crippen molar-refractivity contribution in [1.29, 1.82) is 0 Å². The van der Waals surface area contributed by atoms with Gasteiger partial charge in [0.15, 0.2) is 6.61 Å². The maximum absolute atomic E-state index is 12.8. The first-order chi connectivity index (χ1) is 14.4. The van der Waals surface area contributed by atoms with Gasteiger partial charge in [0, 0.05) is 13.1 Å². The lowest BCUT2D eigenvalue weighted by molar-refractivity contribution is -0.148. The van der Waals surface area contributed by atoms with Crippen LogP contribution in [0.1, 0.15) is 54.0 Å². The van der Waals surface area contributed by atoms with Gasteiger partial charge in [-0.15, -0.1) is 0 Å². The molecule has 0 heterocycles. The summed E-state index contributed by atoms with van der Waals surface area (Å²) < 4.78 is 32.8. The van der Waals surface area contributed by atoms with Gasteiger partial charge in [-0.05, 0) is 68.9 Å². The third kappa shape index (κ3) is 7.62. The van der Waals surface area contributed by atoms with Crippen molar-refractivity contribution in [2.24, 2.45) is 0 Å². The minimum atomic E-state index is -3.83. The zero-order valence-corrected chi connectivity index (χ0v) is 19.9. The molecule has 0 aromatic heterocycles. The standard InChI is InChI=1S/C21H33N3O6S/c1-7-8-10-22-21(27)24-18(25)12-30-19(26)9-11-23-31(28,29)20-16(5)14(3)13(2)15(4)17(20)6/h23H,7-12H2,1-6H3,(H2,22,24,25,27). The molecule has 0 saturated heterocycles. The Labute approximate surface area is 184 Å². The van der Waals surface area contributed by atoms with Gasteiger partial charge in [0.2, 0.25) is 10.0 Å². The molecular formula is C21H33N3O6S. The third-order valence-electron chi connectivity index (χ3n) is 5.25. The summed E-state index contributed by atoms with van der Waals surface area (Å²) in [4.78, 5) is 35.1. The first-order valence-electron chi connectivity index (χ1n) is 10.2. The van der Waals surface area contributed by atoms with Crippen molar-refractivity contribution in [3.8, 4) is 0 Å². The molecule has 1 aromatic carbocycles. The molecule has 3 N–H and O–H groups in total. The highest BCUT2D eigenvalue weighted by Gasteiger charge is 2.23. The highest BCUT2D eigenvalue weighted by Crippen LogP contribution is 2.29. The van der Waals surface area contributed by atoms with Gasteiger partial charge in [0.1, 0.15) is 0 Å². The minimum Gasteiger partial charge on any atom is -0.456 e. The number of rotatable bonds is 10. The predicted octanol–water partition coefficient (Wildman–Crippen LogP) is 2.07. The summed E-state index contributed by atoms with van der Waals surface area (Å²) in [7, 11) is -3.83. The lowest BCUT2D eigenvalue weighted by Crippen LogP contribution is -2.41. The minimum absolute atomic E-state index is 0.175. The summed E-state index contributed by atoms with van der Waals surface area (Å²) in [5.74, 6) is -1.52. The number of sulfonamides is 1. The quantitative estimate of drug-likeness (QED) is 0.366. The van der Waals surface area contributed by atoms with Crippen molar-refractivity contribution >= 4 is 27.9 Å². The number of hydrogen-bond donors (Lipinski definition) is 3. The van der Waals surface area contributed by atoms with Gasteiger partial charge in [0.05, 0.1) is 11.3 Å². The molecule has 0 atom stereocenters. The molecule has 1 rings (SSSR count). The average molecular weight is 456 g/mol. The van der Waals surface area contributed by atoms with Crippen molar-refractivity contribution in [3.63, 3.8) is 0 Å². The van der Waals surface area contributed by atoms with E-state index in [2.05, 4.69) is 10.0 Å². The van der Waals surface area contributed by atoms with Crippen molar-refractivity contribution in [1.82, 2.24) is 15.4 Å². The van der Waals surface area contributed by atoms with Gasteiger partial charge in [-0.1, -0.05) is 13.3 Å². The van der Waals surface area contributed by atoms with E-state index in [1.54, 1.807) is 13.8 Å². The molecule has 0 fully saturated rings. The van der Waals surface area contributed by atoms with Crippen LogP contribution < -0.4 is 15.4 Å². The second-order valence-corrected chi connectivity index (χ2v) is 9.12. The van der Waals surface area contributed by atoms with Crippen LogP contribution in [0.5, 0.6) is 0 Å². The van der Waals surface area contributed by atoms with Crippen molar-refractivity contribution < 1.29 is 27.5 Å². The Morgan fingerprint density at radius 1 is 0.871 bits per heavy atom. The second-order valence-electron chi connectivity index (χ2n) is 7.42. The summed E-state index contributed by atoms with van der Waals surface area (Å²) in [5.41, 5.74) is 4.21. The number of unbranched alkanes of at least 4 members (excludes halogenated alkanes) is 1. The fourth-order valence-corrected chi connectivity index (χ4v) is 4.66. The normalized spacial score (nSPS) is 11.2. The molecule has 0 bridgehead atoms. The number of amides is 3. The molecule has 0 spiro atoms. The number of benzene rings is 1. The van der Waals surface area contributed by atoms with Crippen LogP contribution in [0.4, 0.5) is 4.79 Å². The second kappa shape index (κ2) is 11.8. The Bertz CT molecular complexity index is 912. The molecule has 0 aliphatic heterocycles. The van der Waals surface area contributed by atoms with Crippen LogP contribution in [0.15, 0.2) is 4.90 Å². The predicted molar refractivity (Wildman–Crippen MR) is 117 cm³/mol. The van der Waals surface area contributed by atoms with Crippen molar-refractivity contribution in [2.75, 3.05) is 19.7 Å². The van der Waals surface area contributed by atoms with E-state index in [9.17, 15) is 22.8 Å². The van der Waals surface area contributed by atoms with Gasteiger partial charge >= 0.3 is 12.0 Å². The molecule has 0 saturated carbocycles. The molecule has 10 heteroatoms. The SMILES string of the molecule is CCCCNC(=O)NC(=O)COC(=O)CCNS(=O)(=O)c1c(C)c(C)c(C)c(C)c1C. The first kappa shape index (κ1) is 26.6. The van der Waals surface area contributed by atoms with E-state index in [1.165, 1.54) is 0 Å². The highest BCUT2D eigenvalue weighted by atomic mass is 32.2. The van der Waals surface area contributed by atoms with Crippen molar-refractivity contribution in [3.05, 3.63) is 27.8 Å². The van der Waals surface area contributed by atoms with Crippen LogP contribution in [0, 0.1) is 34.6 Å². The molecule has 0 aliphatic rings. The fourth-order valence-electron chi connectivity index (χ4n) is 3.03. The molecule has 174 valence electrons. The Kier molecular flexibility index (Phi) is 10.1. The molecule has 0 aliphatic carbocycles. The van der Waals surface area contributed by atoms with Crippen LogP contribution >= 0.6 is 0 Å². The molecule has 0 unspecified atom stereocenters. The Morgan fingerprint density at radius 3 is 1.97 bits per heavy atom. The average Bonchev–Trinajstić information content (AvgIpc) is 2.69. The summed E-state index contributed by atoms with van der Waals surface area (Å²) in [5, 5.41) is 4.55. The van der Waals surface area contributed by atoms with E-state index < -0.39 is 34.5 Å². The maximum atomic E-state index is 12.8. The first-order valence-corrected chi connectivity index (χ1v) is 11.7. The Hall–Kier alpha value is -2.46. The maximum Gasteiger partial charge on any atom is 0.321 e. The number of imide groups is 1. The monoisotopic (exact) mass is 455 g/mol. The Morgan fingerprint density at radius 2 is 1.42 bits per heavy atom. The summed E-state index contributed by atoms with van der Waals surface area (Å²) in [6, 6.07) is -0.656. The van der Waals surface area contributed by atoms with Crippen LogP contribution in [-0.2, 0) is 24.3 Å². The topological polar surface area (TPSA) is 131 Å². The zero-order chi connectivity index (χ0) is 23.8. The van der Waals surface area contributed by atoms with Gasteiger partial charge in [-0.3, -0.25) is 14.9 Å². The molecule has 3 amide bonds. The zero-order valence-electron chi connectivity index (χ0n) is 19.1. The summed E-state index contributed by atoms with van der Waals surface area (Å²) in [6.07, 6.45) is 1.43. The molecule has 1 aromatic rings. The van der Waals surface area contributed by atoms with E-state index in [0.717, 1.165) is 29.5 Å². The molecule has 31 heavy (non-hydrogen) atoms. The number of carbonyl (C=O) groups excluding carboxylic acids is 3. The number of ether oxygens (including phenoxy) is 1.